The van der Waals surface area contributed by atoms with Gasteiger partial charge in [-0.25, -0.2) is 4.39 Å². The van der Waals surface area contributed by atoms with Gasteiger partial charge in [-0.3, -0.25) is 9.69 Å². The number of piperazine rings is 1. The summed E-state index contributed by atoms with van der Waals surface area (Å²) in [5, 5.41) is 3.84. The highest BCUT2D eigenvalue weighted by molar-refractivity contribution is 5.77. The van der Waals surface area contributed by atoms with E-state index >= 15 is 0 Å². The molecular formula is C25H29FN4O3. The molecule has 3 aromatic rings. The van der Waals surface area contributed by atoms with Gasteiger partial charge in [0.25, 0.3) is 5.91 Å². The van der Waals surface area contributed by atoms with Crippen LogP contribution >= 0.6 is 0 Å². The fourth-order valence-corrected chi connectivity index (χ4v) is 3.81. The maximum absolute atomic E-state index is 13.4. The first-order valence-corrected chi connectivity index (χ1v) is 11.0. The van der Waals surface area contributed by atoms with Crippen molar-refractivity contribution in [3.8, 4) is 16.9 Å². The Morgan fingerprint density at radius 1 is 1.09 bits per heavy atom. The molecule has 0 atom stereocenters. The molecule has 0 spiro atoms. The fraction of sp³-hybridized carbons (Fsp3) is 0.360. The van der Waals surface area contributed by atoms with Gasteiger partial charge in [-0.2, -0.15) is 0 Å². The van der Waals surface area contributed by atoms with Crippen molar-refractivity contribution in [1.82, 2.24) is 19.9 Å². The van der Waals surface area contributed by atoms with Gasteiger partial charge >= 0.3 is 0 Å². The number of aromatic nitrogens is 1. The topological polar surface area (TPSA) is 62.1 Å². The lowest BCUT2D eigenvalue weighted by molar-refractivity contribution is -0.132. The number of likely N-dealkylation sites (N-methyl/N-ethyl adjacent to an activating group) is 2. The Morgan fingerprint density at radius 2 is 1.82 bits per heavy atom. The van der Waals surface area contributed by atoms with Gasteiger partial charge < -0.3 is 19.1 Å². The first-order valence-electron chi connectivity index (χ1n) is 11.0. The summed E-state index contributed by atoms with van der Waals surface area (Å²) in [6.07, 6.45) is 1.48. The average Bonchev–Trinajstić information content (AvgIpc) is 3.33. The largest absolute Gasteiger partial charge is 0.483 e. The summed E-state index contributed by atoms with van der Waals surface area (Å²) in [7, 11) is 3.84. The Labute approximate surface area is 193 Å². The second kappa shape index (κ2) is 10.6. The van der Waals surface area contributed by atoms with Gasteiger partial charge in [0.15, 0.2) is 6.61 Å². The standard InChI is InChI=1S/C25H29FN4O3/c1-28-10-12-30(13-11-28)16-21-15-20(19-3-6-22(26)7-4-19)5-8-24(21)32-18-25(31)29(2)17-23-9-14-33-27-23/h3-9,14-15H,10-13,16-18H2,1-2H3. The van der Waals surface area contributed by atoms with Crippen molar-refractivity contribution in [2.24, 2.45) is 0 Å². The van der Waals surface area contributed by atoms with Crippen molar-refractivity contribution in [3.05, 3.63) is 71.9 Å². The Bertz CT molecular complexity index is 1050. The van der Waals surface area contributed by atoms with Crippen LogP contribution in [0.4, 0.5) is 4.39 Å². The number of benzene rings is 2. The SMILES string of the molecule is CN1CCN(Cc2cc(-c3ccc(F)cc3)ccc2OCC(=O)N(C)Cc2ccon2)CC1. The third-order valence-corrected chi connectivity index (χ3v) is 5.90. The first kappa shape index (κ1) is 22.9. The smallest absolute Gasteiger partial charge is 0.260 e. The maximum atomic E-state index is 13.4. The average molecular weight is 453 g/mol. The molecule has 1 amide bonds. The van der Waals surface area contributed by atoms with E-state index in [2.05, 4.69) is 28.1 Å². The van der Waals surface area contributed by atoms with Crippen molar-refractivity contribution in [2.75, 3.05) is 46.9 Å². The molecule has 0 N–H and O–H groups in total. The lowest BCUT2D eigenvalue weighted by Crippen LogP contribution is -2.43. The zero-order valence-electron chi connectivity index (χ0n) is 19.0. The second-order valence-electron chi connectivity index (χ2n) is 8.44. The van der Waals surface area contributed by atoms with E-state index in [1.165, 1.54) is 18.4 Å². The predicted molar refractivity (Wildman–Crippen MR) is 123 cm³/mol. The van der Waals surface area contributed by atoms with Crippen LogP contribution in [0.2, 0.25) is 0 Å². The van der Waals surface area contributed by atoms with Gasteiger partial charge in [-0.15, -0.1) is 0 Å². The minimum atomic E-state index is -0.260. The monoisotopic (exact) mass is 452 g/mol. The quantitative estimate of drug-likeness (QED) is 0.523. The first-order chi connectivity index (χ1) is 16.0. The van der Waals surface area contributed by atoms with Crippen LogP contribution in [-0.4, -0.2) is 72.6 Å². The van der Waals surface area contributed by atoms with Crippen molar-refractivity contribution in [3.63, 3.8) is 0 Å². The van der Waals surface area contributed by atoms with Gasteiger partial charge in [-0.05, 0) is 42.4 Å². The molecule has 7 nitrogen and oxygen atoms in total. The predicted octanol–water partition coefficient (Wildman–Crippen LogP) is 3.27. The number of carbonyl (C=O) groups excluding carboxylic acids is 1. The van der Waals surface area contributed by atoms with Gasteiger partial charge in [0, 0.05) is 51.4 Å². The lowest BCUT2D eigenvalue weighted by Gasteiger charge is -2.32. The highest BCUT2D eigenvalue weighted by Gasteiger charge is 2.18. The van der Waals surface area contributed by atoms with Gasteiger partial charge in [-0.1, -0.05) is 23.4 Å². The van der Waals surface area contributed by atoms with Crippen LogP contribution in [0, 0.1) is 5.82 Å². The number of halogens is 1. The molecule has 174 valence electrons. The lowest BCUT2D eigenvalue weighted by atomic mass is 10.0. The Kier molecular flexibility index (Phi) is 7.36. The highest BCUT2D eigenvalue weighted by Crippen LogP contribution is 2.28. The molecule has 1 aliphatic rings. The van der Waals surface area contributed by atoms with Crippen LogP contribution in [0.3, 0.4) is 0 Å². The van der Waals surface area contributed by atoms with Gasteiger partial charge in [0.1, 0.15) is 23.5 Å². The molecule has 0 aliphatic carbocycles. The Hall–Kier alpha value is -3.23. The minimum absolute atomic E-state index is 0.0695. The summed E-state index contributed by atoms with van der Waals surface area (Å²) >= 11 is 0. The van der Waals surface area contributed by atoms with Crippen molar-refractivity contribution < 1.29 is 18.4 Å². The summed E-state index contributed by atoms with van der Waals surface area (Å²) in [4.78, 5) is 18.8. The zero-order chi connectivity index (χ0) is 23.2. The molecule has 0 radical (unpaired) electrons. The normalized spacial score (nSPS) is 14.9. The summed E-state index contributed by atoms with van der Waals surface area (Å²) in [5.74, 6) is 0.277. The van der Waals surface area contributed by atoms with Crippen LogP contribution in [0.25, 0.3) is 11.1 Å². The van der Waals surface area contributed by atoms with Crippen molar-refractivity contribution in [2.45, 2.75) is 13.1 Å². The van der Waals surface area contributed by atoms with Crippen molar-refractivity contribution in [1.29, 1.82) is 0 Å². The number of nitrogens with zero attached hydrogens (tertiary/aromatic N) is 4. The molecule has 8 heteroatoms. The van der Waals surface area contributed by atoms with E-state index in [0.717, 1.165) is 49.4 Å². The second-order valence-corrected chi connectivity index (χ2v) is 8.44. The molecule has 1 aromatic heterocycles. The molecule has 4 rings (SSSR count). The molecular weight excluding hydrogens is 423 g/mol. The van der Waals surface area contributed by atoms with Crippen LogP contribution in [0.15, 0.2) is 59.3 Å². The molecule has 2 heterocycles. The van der Waals surface area contributed by atoms with E-state index in [1.807, 2.05) is 12.1 Å². The number of hydrogen-bond acceptors (Lipinski definition) is 6. The van der Waals surface area contributed by atoms with E-state index in [1.54, 1.807) is 30.1 Å². The molecule has 2 aromatic carbocycles. The number of hydrogen-bond donors (Lipinski definition) is 0. The third-order valence-electron chi connectivity index (χ3n) is 5.90. The molecule has 0 unspecified atom stereocenters. The Morgan fingerprint density at radius 3 is 2.52 bits per heavy atom. The molecule has 33 heavy (non-hydrogen) atoms. The van der Waals surface area contributed by atoms with Crippen LogP contribution in [-0.2, 0) is 17.9 Å². The third kappa shape index (κ3) is 6.18. The van der Waals surface area contributed by atoms with Crippen LogP contribution in [0.1, 0.15) is 11.3 Å². The van der Waals surface area contributed by atoms with Crippen LogP contribution in [0.5, 0.6) is 5.75 Å². The molecule has 1 aliphatic heterocycles. The van der Waals surface area contributed by atoms with Crippen molar-refractivity contribution >= 4 is 5.91 Å². The van der Waals surface area contributed by atoms with Gasteiger partial charge in [0.05, 0.1) is 6.54 Å². The fourth-order valence-electron chi connectivity index (χ4n) is 3.81. The summed E-state index contributed by atoms with van der Waals surface area (Å²) < 4.78 is 24.2. The van der Waals surface area contributed by atoms with E-state index in [0.29, 0.717) is 18.0 Å². The Balaban J connectivity index is 1.48. The number of ether oxygens (including phenoxy) is 1. The molecule has 1 saturated heterocycles. The molecule has 0 bridgehead atoms. The maximum Gasteiger partial charge on any atom is 0.260 e. The summed E-state index contributed by atoms with van der Waals surface area (Å²) in [5.41, 5.74) is 3.62. The molecule has 0 saturated carbocycles. The summed E-state index contributed by atoms with van der Waals surface area (Å²) in [6, 6.07) is 14.1. The van der Waals surface area contributed by atoms with E-state index in [9.17, 15) is 9.18 Å². The number of amides is 1. The van der Waals surface area contributed by atoms with Crippen LogP contribution < -0.4 is 4.74 Å². The minimum Gasteiger partial charge on any atom is -0.483 e. The van der Waals surface area contributed by atoms with E-state index in [-0.39, 0.29) is 18.3 Å². The number of carbonyl (C=O) groups is 1. The molecule has 1 fully saturated rings. The number of rotatable bonds is 8. The van der Waals surface area contributed by atoms with E-state index in [4.69, 9.17) is 9.26 Å². The zero-order valence-corrected chi connectivity index (χ0v) is 19.0. The summed E-state index contributed by atoms with van der Waals surface area (Å²) in [6.45, 7) is 4.97. The van der Waals surface area contributed by atoms with Gasteiger partial charge in [0.2, 0.25) is 0 Å². The van der Waals surface area contributed by atoms with E-state index < -0.39 is 0 Å². The highest BCUT2D eigenvalue weighted by atomic mass is 19.1.